The van der Waals surface area contributed by atoms with Crippen LogP contribution < -0.4 is 0 Å². The van der Waals surface area contributed by atoms with Crippen molar-refractivity contribution in [2.45, 2.75) is 13.8 Å². The summed E-state index contributed by atoms with van der Waals surface area (Å²) in [5, 5.41) is 0. The quantitative estimate of drug-likeness (QED) is 0.111. The first-order valence-corrected chi connectivity index (χ1v) is 12.0. The van der Waals surface area contributed by atoms with Gasteiger partial charge < -0.3 is 33.6 Å². The summed E-state index contributed by atoms with van der Waals surface area (Å²) in [4.78, 5) is 27.1. The molecule has 2 atom stereocenters. The van der Waals surface area contributed by atoms with Crippen LogP contribution in [0, 0.1) is 0 Å². The average Bonchev–Trinajstić information content (AvgIpc) is 2.51. The van der Waals surface area contributed by atoms with E-state index in [2.05, 4.69) is 30.8 Å². The highest BCUT2D eigenvalue weighted by Gasteiger charge is 2.43. The predicted molar refractivity (Wildman–Crippen MR) is 97.0 cm³/mol. The summed E-state index contributed by atoms with van der Waals surface area (Å²) in [5.74, 6) is 0. The van der Waals surface area contributed by atoms with Crippen molar-refractivity contribution >= 4 is 23.5 Å². The summed E-state index contributed by atoms with van der Waals surface area (Å²) in [5.41, 5.74) is 1.38. The summed E-state index contributed by atoms with van der Waals surface area (Å²) in [7, 11) is -16.0. The molecule has 0 fully saturated rings. The van der Waals surface area contributed by atoms with Crippen molar-refractivity contribution in [1.82, 2.24) is 0 Å². The van der Waals surface area contributed by atoms with Gasteiger partial charge in [0.1, 0.15) is 13.6 Å². The number of hydrogen-bond donors (Lipinski definition) is 3. The first-order chi connectivity index (χ1) is 13.2. The van der Waals surface area contributed by atoms with Crippen molar-refractivity contribution in [1.29, 1.82) is 0 Å². The average molecular weight is 486 g/mol. The van der Waals surface area contributed by atoms with E-state index in [9.17, 15) is 18.6 Å². The second kappa shape index (κ2) is 13.9. The first-order valence-electron chi connectivity index (χ1n) is 7.54. The molecule has 0 spiro atoms. The molecule has 29 heavy (non-hydrogen) atoms. The van der Waals surface area contributed by atoms with Gasteiger partial charge in [0, 0.05) is 0 Å². The number of phosphoric acid groups is 3. The molecule has 17 heteroatoms. The van der Waals surface area contributed by atoms with E-state index in [1.54, 1.807) is 13.8 Å². The largest absolute Gasteiger partial charge is 0.494 e. The SMILES string of the molecule is C=C(C)COCOCOP(=O)(O)OP(=O)(OCOCOCC(=C)C)OP(=O)(O)O. The summed E-state index contributed by atoms with van der Waals surface area (Å²) in [6.07, 6.45) is 0. The predicted octanol–water partition coefficient (Wildman–Crippen LogP) is 2.40. The van der Waals surface area contributed by atoms with Gasteiger partial charge in [0.05, 0.1) is 13.2 Å². The summed E-state index contributed by atoms with van der Waals surface area (Å²) in [6, 6.07) is 0. The van der Waals surface area contributed by atoms with Crippen molar-refractivity contribution in [2.75, 3.05) is 40.4 Å². The Bertz CT molecular complexity index is 658. The van der Waals surface area contributed by atoms with Crippen LogP contribution >= 0.6 is 23.5 Å². The molecule has 0 radical (unpaired) electrons. The van der Waals surface area contributed by atoms with E-state index >= 15 is 0 Å². The highest BCUT2D eigenvalue weighted by Crippen LogP contribution is 2.69. The Morgan fingerprint density at radius 1 is 0.724 bits per heavy atom. The van der Waals surface area contributed by atoms with Crippen molar-refractivity contribution in [3.8, 4) is 0 Å². The van der Waals surface area contributed by atoms with Gasteiger partial charge >= 0.3 is 23.5 Å². The van der Waals surface area contributed by atoms with Gasteiger partial charge in [-0.3, -0.25) is 9.05 Å². The fourth-order valence-electron chi connectivity index (χ4n) is 1.17. The van der Waals surface area contributed by atoms with E-state index in [0.29, 0.717) is 11.1 Å². The molecule has 0 aliphatic heterocycles. The van der Waals surface area contributed by atoms with Crippen LogP contribution in [0.3, 0.4) is 0 Å². The van der Waals surface area contributed by atoms with E-state index in [1.165, 1.54) is 0 Å². The van der Waals surface area contributed by atoms with E-state index in [0.717, 1.165) is 0 Å². The number of ether oxygens (including phenoxy) is 4. The van der Waals surface area contributed by atoms with Gasteiger partial charge in [-0.2, -0.15) is 8.62 Å². The van der Waals surface area contributed by atoms with Gasteiger partial charge in [-0.1, -0.05) is 24.3 Å². The summed E-state index contributed by atoms with van der Waals surface area (Å²) < 4.78 is 70.9. The molecule has 0 saturated carbocycles. The van der Waals surface area contributed by atoms with E-state index in [1.807, 2.05) is 0 Å². The molecule has 0 bridgehead atoms. The zero-order chi connectivity index (χ0) is 22.6. The Labute approximate surface area is 167 Å². The van der Waals surface area contributed by atoms with Crippen LogP contribution in [0.25, 0.3) is 0 Å². The van der Waals surface area contributed by atoms with Crippen molar-refractivity contribution in [3.05, 3.63) is 24.3 Å². The molecule has 0 amide bonds. The molecule has 0 aromatic carbocycles. The van der Waals surface area contributed by atoms with Crippen molar-refractivity contribution in [3.63, 3.8) is 0 Å². The highest BCUT2D eigenvalue weighted by molar-refractivity contribution is 7.67. The topological polar surface area (TPSA) is 186 Å². The molecule has 0 aromatic rings. The lowest BCUT2D eigenvalue weighted by Gasteiger charge is -2.20. The van der Waals surface area contributed by atoms with Crippen LogP contribution in [0.2, 0.25) is 0 Å². The summed E-state index contributed by atoms with van der Waals surface area (Å²) >= 11 is 0. The Morgan fingerprint density at radius 3 is 1.59 bits per heavy atom. The third-order valence-corrected chi connectivity index (χ3v) is 6.16. The molecule has 3 N–H and O–H groups in total. The Morgan fingerprint density at radius 2 is 1.17 bits per heavy atom. The minimum Gasteiger partial charge on any atom is -0.351 e. The minimum atomic E-state index is -5.46. The molecule has 172 valence electrons. The Hall–Kier alpha value is -0.270. The van der Waals surface area contributed by atoms with Crippen molar-refractivity contribution < 1.29 is 65.0 Å². The number of hydrogen-bond acceptors (Lipinski definition) is 11. The van der Waals surface area contributed by atoms with Gasteiger partial charge in [-0.15, -0.1) is 0 Å². The lowest BCUT2D eigenvalue weighted by atomic mass is 10.4. The molecule has 0 aromatic heterocycles. The second-order valence-corrected chi connectivity index (χ2v) is 9.95. The number of rotatable bonds is 18. The molecule has 2 unspecified atom stereocenters. The van der Waals surface area contributed by atoms with Crippen LogP contribution in [0.1, 0.15) is 13.8 Å². The molecule has 0 aliphatic carbocycles. The van der Waals surface area contributed by atoms with Crippen LogP contribution in [0.5, 0.6) is 0 Å². The second-order valence-electron chi connectivity index (χ2n) is 5.32. The maximum atomic E-state index is 12.2. The maximum absolute atomic E-state index is 12.2. The molecule has 0 saturated heterocycles. The first kappa shape index (κ1) is 28.7. The lowest BCUT2D eigenvalue weighted by molar-refractivity contribution is -0.103. The Balaban J connectivity index is 4.58. The van der Waals surface area contributed by atoms with E-state index in [4.69, 9.17) is 28.7 Å². The fraction of sp³-hybridized carbons (Fsp3) is 0.667. The molecular weight excluding hydrogens is 461 g/mol. The minimum absolute atomic E-state index is 0.142. The van der Waals surface area contributed by atoms with Crippen molar-refractivity contribution in [2.24, 2.45) is 0 Å². The van der Waals surface area contributed by atoms with Crippen LogP contribution in [-0.2, 0) is 50.3 Å². The number of phosphoric ester groups is 1. The standard InChI is InChI=1S/C12H25O14P3/c1-11(2)5-19-7-21-9-23-28(16,17)26-29(18,25-27(13,14)15)24-10-22-8-20-6-12(3)4/h1,3,5-10H2,2,4H3,(H,16,17)(H2,13,14,15). The summed E-state index contributed by atoms with van der Waals surface area (Å²) in [6.45, 7) is 8.32. The third-order valence-electron chi connectivity index (χ3n) is 2.03. The molecule has 0 aliphatic rings. The van der Waals surface area contributed by atoms with Crippen LogP contribution in [0.4, 0.5) is 0 Å². The van der Waals surface area contributed by atoms with Gasteiger partial charge in [0.2, 0.25) is 0 Å². The van der Waals surface area contributed by atoms with Crippen LogP contribution in [0.15, 0.2) is 24.3 Å². The van der Waals surface area contributed by atoms with Crippen LogP contribution in [-0.4, -0.2) is 55.1 Å². The monoisotopic (exact) mass is 486 g/mol. The zero-order valence-electron chi connectivity index (χ0n) is 15.8. The lowest BCUT2D eigenvalue weighted by Crippen LogP contribution is -2.08. The molecule has 0 rings (SSSR count). The van der Waals surface area contributed by atoms with Gasteiger partial charge in [0.15, 0.2) is 13.6 Å². The third kappa shape index (κ3) is 18.2. The Kier molecular flexibility index (Phi) is 13.8. The van der Waals surface area contributed by atoms with E-state index < -0.39 is 37.1 Å². The highest BCUT2D eigenvalue weighted by atomic mass is 31.3. The molecular formula is C12H25O14P3. The smallest absolute Gasteiger partial charge is 0.351 e. The van der Waals surface area contributed by atoms with Gasteiger partial charge in [-0.05, 0) is 13.8 Å². The molecule has 14 nitrogen and oxygen atoms in total. The molecule has 0 heterocycles. The van der Waals surface area contributed by atoms with Gasteiger partial charge in [-0.25, -0.2) is 13.7 Å². The van der Waals surface area contributed by atoms with Gasteiger partial charge in [0.25, 0.3) is 0 Å². The van der Waals surface area contributed by atoms with E-state index in [-0.39, 0.29) is 26.8 Å². The normalized spacial score (nSPS) is 16.2. The maximum Gasteiger partial charge on any atom is 0.494 e. The zero-order valence-corrected chi connectivity index (χ0v) is 18.5. The fourth-order valence-corrected chi connectivity index (χ4v) is 4.58.